The lowest BCUT2D eigenvalue weighted by Gasteiger charge is -2.33. The SMILES string of the molecule is CCc1ccc(N(CC(=O)N(Cc2ccc(C)cc2)C(Cc2ccccc2)C(=O)NCC(C)C)S(C)(=O)=O)cc1. The van der Waals surface area contributed by atoms with Crippen LogP contribution in [-0.2, 0) is 39.0 Å². The third-order valence-electron chi connectivity index (χ3n) is 6.74. The molecule has 3 rings (SSSR count). The van der Waals surface area contributed by atoms with Crippen molar-refractivity contribution < 1.29 is 18.0 Å². The predicted octanol–water partition coefficient (Wildman–Crippen LogP) is 4.74. The lowest BCUT2D eigenvalue weighted by atomic mass is 10.0. The summed E-state index contributed by atoms with van der Waals surface area (Å²) in [6.07, 6.45) is 2.20. The molecule has 7 nitrogen and oxygen atoms in total. The summed E-state index contributed by atoms with van der Waals surface area (Å²) in [5.74, 6) is -0.489. The van der Waals surface area contributed by atoms with Gasteiger partial charge in [-0.2, -0.15) is 0 Å². The number of carbonyl (C=O) groups is 2. The van der Waals surface area contributed by atoms with E-state index in [0.717, 1.165) is 39.2 Å². The summed E-state index contributed by atoms with van der Waals surface area (Å²) < 4.78 is 26.9. The molecule has 214 valence electrons. The molecule has 2 amide bonds. The van der Waals surface area contributed by atoms with Crippen LogP contribution < -0.4 is 9.62 Å². The van der Waals surface area contributed by atoms with Crippen LogP contribution in [0.1, 0.15) is 43.0 Å². The monoisotopic (exact) mass is 563 g/mol. The molecule has 0 bridgehead atoms. The number of aryl methyl sites for hydroxylation is 2. The Morgan fingerprint density at radius 1 is 0.850 bits per heavy atom. The molecule has 0 aliphatic rings. The molecule has 1 N–H and O–H groups in total. The van der Waals surface area contributed by atoms with Crippen LogP contribution in [0.5, 0.6) is 0 Å². The topological polar surface area (TPSA) is 86.8 Å². The molecule has 0 aromatic heterocycles. The van der Waals surface area contributed by atoms with Gasteiger partial charge in [-0.05, 0) is 48.1 Å². The summed E-state index contributed by atoms with van der Waals surface area (Å²) in [5.41, 5.74) is 4.31. The molecule has 1 unspecified atom stereocenters. The number of nitrogens with one attached hydrogen (secondary N) is 1. The molecule has 0 radical (unpaired) electrons. The molecular formula is C32H41N3O4S. The molecule has 3 aromatic rings. The van der Waals surface area contributed by atoms with Crippen molar-refractivity contribution >= 4 is 27.5 Å². The van der Waals surface area contributed by atoms with E-state index in [1.165, 1.54) is 4.90 Å². The van der Waals surface area contributed by atoms with E-state index < -0.39 is 28.5 Å². The summed E-state index contributed by atoms with van der Waals surface area (Å²) in [6, 6.07) is 23.7. The Morgan fingerprint density at radius 3 is 2.00 bits per heavy atom. The van der Waals surface area contributed by atoms with Gasteiger partial charge in [-0.15, -0.1) is 0 Å². The summed E-state index contributed by atoms with van der Waals surface area (Å²) in [5, 5.41) is 3.00. The number of hydrogen-bond donors (Lipinski definition) is 1. The Labute approximate surface area is 239 Å². The summed E-state index contributed by atoms with van der Waals surface area (Å²) >= 11 is 0. The maximum atomic E-state index is 14.1. The molecule has 0 aliphatic heterocycles. The van der Waals surface area contributed by atoms with Gasteiger partial charge in [-0.1, -0.05) is 93.1 Å². The Bertz CT molecular complexity index is 1360. The van der Waals surface area contributed by atoms with Gasteiger partial charge in [0.25, 0.3) is 0 Å². The second-order valence-electron chi connectivity index (χ2n) is 10.6. The van der Waals surface area contributed by atoms with Gasteiger partial charge in [-0.3, -0.25) is 13.9 Å². The zero-order chi connectivity index (χ0) is 29.3. The predicted molar refractivity (Wildman–Crippen MR) is 162 cm³/mol. The fourth-order valence-electron chi connectivity index (χ4n) is 4.38. The second-order valence-corrected chi connectivity index (χ2v) is 12.5. The molecule has 1 atom stereocenters. The average Bonchev–Trinajstić information content (AvgIpc) is 2.93. The lowest BCUT2D eigenvalue weighted by molar-refractivity contribution is -0.140. The molecule has 0 fully saturated rings. The minimum Gasteiger partial charge on any atom is -0.354 e. The molecule has 0 saturated heterocycles. The fourth-order valence-corrected chi connectivity index (χ4v) is 5.23. The lowest BCUT2D eigenvalue weighted by Crippen LogP contribution is -2.53. The van der Waals surface area contributed by atoms with Crippen LogP contribution in [0.2, 0.25) is 0 Å². The van der Waals surface area contributed by atoms with Crippen molar-refractivity contribution in [1.29, 1.82) is 0 Å². The van der Waals surface area contributed by atoms with Crippen molar-refractivity contribution in [2.45, 2.75) is 53.1 Å². The van der Waals surface area contributed by atoms with Gasteiger partial charge in [0, 0.05) is 19.5 Å². The highest BCUT2D eigenvalue weighted by atomic mass is 32.2. The van der Waals surface area contributed by atoms with E-state index in [0.29, 0.717) is 18.7 Å². The largest absolute Gasteiger partial charge is 0.354 e. The van der Waals surface area contributed by atoms with Crippen molar-refractivity contribution in [2.24, 2.45) is 5.92 Å². The van der Waals surface area contributed by atoms with Crippen LogP contribution in [0.15, 0.2) is 78.9 Å². The molecule has 0 spiro atoms. The first-order valence-corrected chi connectivity index (χ1v) is 15.6. The van der Waals surface area contributed by atoms with E-state index in [4.69, 9.17) is 0 Å². The molecule has 0 saturated carbocycles. The van der Waals surface area contributed by atoms with Crippen LogP contribution >= 0.6 is 0 Å². The maximum absolute atomic E-state index is 14.1. The van der Waals surface area contributed by atoms with Gasteiger partial charge in [0.15, 0.2) is 0 Å². The van der Waals surface area contributed by atoms with Gasteiger partial charge in [0.2, 0.25) is 21.8 Å². The van der Waals surface area contributed by atoms with E-state index in [-0.39, 0.29) is 18.4 Å². The van der Waals surface area contributed by atoms with Gasteiger partial charge in [0.1, 0.15) is 12.6 Å². The average molecular weight is 564 g/mol. The molecule has 0 heterocycles. The third-order valence-corrected chi connectivity index (χ3v) is 7.88. The first kappa shape index (κ1) is 30.9. The number of amides is 2. The van der Waals surface area contributed by atoms with E-state index in [2.05, 4.69) is 5.32 Å². The van der Waals surface area contributed by atoms with Crippen molar-refractivity contribution in [3.8, 4) is 0 Å². The number of hydrogen-bond acceptors (Lipinski definition) is 4. The minimum absolute atomic E-state index is 0.165. The van der Waals surface area contributed by atoms with E-state index in [1.807, 2.05) is 94.4 Å². The van der Waals surface area contributed by atoms with Crippen molar-refractivity contribution in [3.63, 3.8) is 0 Å². The van der Waals surface area contributed by atoms with Gasteiger partial charge >= 0.3 is 0 Å². The normalized spacial score (nSPS) is 12.2. The van der Waals surface area contributed by atoms with Crippen LogP contribution in [0.3, 0.4) is 0 Å². The third kappa shape index (κ3) is 8.95. The second kappa shape index (κ2) is 14.1. The Kier molecular flexibility index (Phi) is 10.9. The van der Waals surface area contributed by atoms with E-state index in [1.54, 1.807) is 12.1 Å². The number of benzene rings is 3. The Balaban J connectivity index is 2.03. The number of anilines is 1. The first-order chi connectivity index (χ1) is 19.0. The standard InChI is InChI=1S/C32H41N3O4S/c1-6-26-16-18-29(19-17-26)35(40(5,38)39)23-31(36)34(22-28-14-12-25(4)13-15-28)30(32(37)33-21-24(2)3)20-27-10-8-7-9-11-27/h7-19,24,30H,6,20-23H2,1-5H3,(H,33,37). The fraction of sp³-hybridized carbons (Fsp3) is 0.375. The van der Waals surface area contributed by atoms with Crippen LogP contribution in [0.25, 0.3) is 0 Å². The van der Waals surface area contributed by atoms with E-state index >= 15 is 0 Å². The number of nitrogens with zero attached hydrogens (tertiary/aromatic N) is 2. The minimum atomic E-state index is -3.79. The summed E-state index contributed by atoms with van der Waals surface area (Å²) in [7, 11) is -3.79. The summed E-state index contributed by atoms with van der Waals surface area (Å²) in [4.78, 5) is 29.2. The van der Waals surface area contributed by atoms with Crippen molar-refractivity contribution in [3.05, 3.63) is 101 Å². The number of carbonyl (C=O) groups excluding carboxylic acids is 2. The van der Waals surface area contributed by atoms with Crippen molar-refractivity contribution in [1.82, 2.24) is 10.2 Å². The van der Waals surface area contributed by atoms with Gasteiger partial charge in [-0.25, -0.2) is 8.42 Å². The quantitative estimate of drug-likeness (QED) is 0.326. The van der Waals surface area contributed by atoms with Crippen molar-refractivity contribution in [2.75, 3.05) is 23.7 Å². The highest BCUT2D eigenvalue weighted by Crippen LogP contribution is 2.21. The molecule has 8 heteroatoms. The molecule has 40 heavy (non-hydrogen) atoms. The Hall–Kier alpha value is -3.65. The van der Waals surface area contributed by atoms with E-state index in [9.17, 15) is 18.0 Å². The highest BCUT2D eigenvalue weighted by Gasteiger charge is 2.33. The highest BCUT2D eigenvalue weighted by molar-refractivity contribution is 7.92. The van der Waals surface area contributed by atoms with Crippen LogP contribution in [0.4, 0.5) is 5.69 Å². The van der Waals surface area contributed by atoms with Crippen LogP contribution in [0, 0.1) is 12.8 Å². The molecular weight excluding hydrogens is 522 g/mol. The van der Waals surface area contributed by atoms with Gasteiger partial charge in [0.05, 0.1) is 11.9 Å². The first-order valence-electron chi connectivity index (χ1n) is 13.7. The molecule has 0 aliphatic carbocycles. The smallest absolute Gasteiger partial charge is 0.244 e. The summed E-state index contributed by atoms with van der Waals surface area (Å²) in [6.45, 7) is 8.24. The zero-order valence-corrected chi connectivity index (χ0v) is 24.9. The Morgan fingerprint density at radius 2 is 1.45 bits per heavy atom. The maximum Gasteiger partial charge on any atom is 0.244 e. The number of sulfonamides is 1. The van der Waals surface area contributed by atoms with Crippen LogP contribution in [-0.4, -0.2) is 50.5 Å². The number of rotatable bonds is 13. The van der Waals surface area contributed by atoms with Gasteiger partial charge < -0.3 is 10.2 Å². The zero-order valence-electron chi connectivity index (χ0n) is 24.1. The molecule has 3 aromatic carbocycles.